The Labute approximate surface area is 100 Å². The minimum atomic E-state index is -4.29. The van der Waals surface area contributed by atoms with Gasteiger partial charge in [0.1, 0.15) is 0 Å². The summed E-state index contributed by atoms with van der Waals surface area (Å²) in [6.07, 6.45) is -3.76. The highest BCUT2D eigenvalue weighted by Crippen LogP contribution is 2.29. The molecule has 0 saturated carbocycles. The van der Waals surface area contributed by atoms with E-state index in [1.54, 1.807) is 20.3 Å². The molecule has 0 aliphatic rings. The van der Waals surface area contributed by atoms with E-state index in [0.717, 1.165) is 6.07 Å². The van der Waals surface area contributed by atoms with E-state index < -0.39 is 21.0 Å². The van der Waals surface area contributed by atoms with Crippen molar-refractivity contribution in [3.05, 3.63) is 35.4 Å². The van der Waals surface area contributed by atoms with Crippen LogP contribution in [0.25, 0.3) is 0 Å². The molecule has 6 heteroatoms. The monoisotopic (exact) mass is 263 g/mol. The van der Waals surface area contributed by atoms with Gasteiger partial charge in [-0.3, -0.25) is 0 Å². The van der Waals surface area contributed by atoms with Gasteiger partial charge >= 0.3 is 15.5 Å². The van der Waals surface area contributed by atoms with E-state index in [1.807, 2.05) is 0 Å². The molecule has 0 atom stereocenters. The van der Waals surface area contributed by atoms with Gasteiger partial charge < -0.3 is 8.85 Å². The van der Waals surface area contributed by atoms with E-state index >= 15 is 0 Å². The third kappa shape index (κ3) is 4.49. The van der Waals surface area contributed by atoms with Crippen molar-refractivity contribution in [1.29, 1.82) is 0 Å². The molecule has 1 aromatic carbocycles. The Morgan fingerprint density at radius 2 is 1.82 bits per heavy atom. The van der Waals surface area contributed by atoms with Crippen LogP contribution in [0.4, 0.5) is 13.2 Å². The van der Waals surface area contributed by atoms with Crippen molar-refractivity contribution in [2.24, 2.45) is 0 Å². The van der Waals surface area contributed by atoms with E-state index in [1.165, 1.54) is 12.1 Å². The van der Waals surface area contributed by atoms with Crippen molar-refractivity contribution < 1.29 is 22.0 Å². The van der Waals surface area contributed by atoms with E-state index in [4.69, 9.17) is 8.85 Å². The summed E-state index contributed by atoms with van der Waals surface area (Å²) in [5.74, 6) is 0. The highest BCUT2D eigenvalue weighted by molar-refractivity contribution is 6.44. The minimum Gasteiger partial charge on any atom is -0.397 e. The van der Waals surface area contributed by atoms with Crippen LogP contribution in [0.2, 0.25) is 6.04 Å². The molecule has 0 aliphatic heterocycles. The van der Waals surface area contributed by atoms with Gasteiger partial charge in [0.15, 0.2) is 0 Å². The van der Waals surface area contributed by atoms with Gasteiger partial charge in [-0.1, -0.05) is 18.2 Å². The first-order chi connectivity index (χ1) is 7.97. The number of aryl methyl sites for hydroxylation is 1. The van der Waals surface area contributed by atoms with Crippen LogP contribution in [0.5, 0.6) is 0 Å². The van der Waals surface area contributed by atoms with Gasteiger partial charge in [-0.05, 0) is 24.1 Å². The third-order valence-electron chi connectivity index (χ3n) is 2.33. The van der Waals surface area contributed by atoms with Crippen LogP contribution in [0.15, 0.2) is 24.3 Å². The Kier molecular flexibility index (Phi) is 5.17. The fourth-order valence-corrected chi connectivity index (χ4v) is 2.50. The summed E-state index contributed by atoms with van der Waals surface area (Å²) in [7, 11) is 1.74. The van der Waals surface area contributed by atoms with Crippen LogP contribution in [0, 0.1) is 0 Å². The van der Waals surface area contributed by atoms with Gasteiger partial charge in [0.05, 0.1) is 5.56 Å². The molecule has 95 valence electrons. The third-order valence-corrected chi connectivity index (χ3v) is 3.90. The lowest BCUT2D eigenvalue weighted by atomic mass is 10.1. The Hall–Kier alpha value is -0.853. The maximum absolute atomic E-state index is 12.5. The summed E-state index contributed by atoms with van der Waals surface area (Å²) in [6.45, 7) is 0. The van der Waals surface area contributed by atoms with Crippen molar-refractivity contribution in [2.75, 3.05) is 14.2 Å². The van der Waals surface area contributed by atoms with Crippen LogP contribution in [0.1, 0.15) is 11.1 Å². The van der Waals surface area contributed by atoms with Crippen LogP contribution in [-0.4, -0.2) is 23.5 Å². The summed E-state index contributed by atoms with van der Waals surface area (Å²) in [5.41, 5.74) is 0.0371. The summed E-state index contributed by atoms with van der Waals surface area (Å²) in [5, 5.41) is 0. The van der Waals surface area contributed by atoms with E-state index in [2.05, 4.69) is 0 Å². The lowest BCUT2D eigenvalue weighted by Crippen LogP contribution is -2.19. The molecule has 0 unspecified atom stereocenters. The second-order valence-corrected chi connectivity index (χ2v) is 5.54. The summed E-state index contributed by atoms with van der Waals surface area (Å²) in [6, 6.07) is 5.97. The Morgan fingerprint density at radius 3 is 2.35 bits per heavy atom. The zero-order valence-corrected chi connectivity index (χ0v) is 10.7. The predicted octanol–water partition coefficient (Wildman–Crippen LogP) is 3.03. The normalized spacial score (nSPS) is 12.1. The molecule has 0 amide bonds. The first kappa shape index (κ1) is 14.2. The SMILES string of the molecule is CO[Si](CCc1cccc(C(F)(F)F)c1)OC. The fourth-order valence-electron chi connectivity index (χ4n) is 1.44. The largest absolute Gasteiger partial charge is 0.416 e. The molecule has 0 fully saturated rings. The standard InChI is InChI=1S/C11H14F3O2Si/c1-15-17(16-2)7-6-9-4-3-5-10(8-9)11(12,13)14/h3-5,8H,6-7H2,1-2H3. The van der Waals surface area contributed by atoms with Crippen molar-refractivity contribution in [3.8, 4) is 0 Å². The molecule has 0 aliphatic carbocycles. The molecule has 1 aromatic rings. The maximum Gasteiger partial charge on any atom is 0.416 e. The van der Waals surface area contributed by atoms with Crippen molar-refractivity contribution in [1.82, 2.24) is 0 Å². The number of rotatable bonds is 5. The molecule has 0 saturated heterocycles. The van der Waals surface area contributed by atoms with Crippen molar-refractivity contribution >= 4 is 9.28 Å². The Balaban J connectivity index is 2.66. The second-order valence-electron chi connectivity index (χ2n) is 3.48. The van der Waals surface area contributed by atoms with E-state index in [0.29, 0.717) is 18.0 Å². The zero-order chi connectivity index (χ0) is 12.9. The van der Waals surface area contributed by atoms with Crippen LogP contribution < -0.4 is 0 Å². The topological polar surface area (TPSA) is 18.5 Å². The highest BCUT2D eigenvalue weighted by Gasteiger charge is 2.30. The summed E-state index contributed by atoms with van der Waals surface area (Å²) >= 11 is 0. The highest BCUT2D eigenvalue weighted by atomic mass is 28.3. The fraction of sp³-hybridized carbons (Fsp3) is 0.455. The van der Waals surface area contributed by atoms with Gasteiger partial charge in [-0.15, -0.1) is 0 Å². The molecule has 0 aromatic heterocycles. The Bertz CT molecular complexity index is 351. The van der Waals surface area contributed by atoms with Gasteiger partial charge in [-0.25, -0.2) is 0 Å². The molecule has 2 nitrogen and oxygen atoms in total. The molecule has 0 heterocycles. The lowest BCUT2D eigenvalue weighted by molar-refractivity contribution is -0.137. The maximum atomic E-state index is 12.5. The van der Waals surface area contributed by atoms with Gasteiger partial charge in [0, 0.05) is 14.2 Å². The first-order valence-corrected chi connectivity index (χ1v) is 6.59. The Morgan fingerprint density at radius 1 is 1.18 bits per heavy atom. The zero-order valence-electron chi connectivity index (χ0n) is 9.67. The number of benzene rings is 1. The van der Waals surface area contributed by atoms with Crippen molar-refractivity contribution in [2.45, 2.75) is 18.6 Å². The molecular weight excluding hydrogens is 249 g/mol. The van der Waals surface area contributed by atoms with Crippen molar-refractivity contribution in [3.63, 3.8) is 0 Å². The molecule has 0 N–H and O–H groups in total. The smallest absolute Gasteiger partial charge is 0.397 e. The summed E-state index contributed by atoms with van der Waals surface area (Å²) in [4.78, 5) is 0. The van der Waals surface area contributed by atoms with E-state index in [9.17, 15) is 13.2 Å². The quantitative estimate of drug-likeness (QED) is 0.760. The molecule has 0 bridgehead atoms. The lowest BCUT2D eigenvalue weighted by Gasteiger charge is -2.11. The number of hydrogen-bond donors (Lipinski definition) is 0. The van der Waals surface area contributed by atoms with Crippen LogP contribution in [-0.2, 0) is 21.4 Å². The van der Waals surface area contributed by atoms with Gasteiger partial charge in [0.25, 0.3) is 0 Å². The first-order valence-electron chi connectivity index (χ1n) is 5.07. The van der Waals surface area contributed by atoms with Gasteiger partial charge in [-0.2, -0.15) is 13.2 Å². The second kappa shape index (κ2) is 6.18. The van der Waals surface area contributed by atoms with Crippen LogP contribution >= 0.6 is 0 Å². The number of halogens is 3. The number of hydrogen-bond acceptors (Lipinski definition) is 2. The molecule has 17 heavy (non-hydrogen) atoms. The molecule has 1 radical (unpaired) electrons. The minimum absolute atomic E-state index is 0.528. The van der Waals surface area contributed by atoms with E-state index in [-0.39, 0.29) is 0 Å². The average Bonchev–Trinajstić information content (AvgIpc) is 2.30. The average molecular weight is 263 g/mol. The predicted molar refractivity (Wildman–Crippen MR) is 59.7 cm³/mol. The molecular formula is C11H14F3O2Si. The van der Waals surface area contributed by atoms with Gasteiger partial charge in [0.2, 0.25) is 0 Å². The summed E-state index contributed by atoms with van der Waals surface area (Å²) < 4.78 is 47.5. The number of alkyl halides is 3. The molecule has 1 rings (SSSR count). The molecule has 0 spiro atoms. The van der Waals surface area contributed by atoms with Crippen LogP contribution in [0.3, 0.4) is 0 Å².